The highest BCUT2D eigenvalue weighted by molar-refractivity contribution is 7.71. The lowest BCUT2D eigenvalue weighted by Gasteiger charge is -2.06. The first-order valence-electron chi connectivity index (χ1n) is 6.68. The quantitative estimate of drug-likeness (QED) is 0.690. The second-order valence-corrected chi connectivity index (χ2v) is 5.30. The maximum absolute atomic E-state index is 5.41. The number of aromatic amines is 1. The Labute approximate surface area is 119 Å². The van der Waals surface area contributed by atoms with Gasteiger partial charge in [-0.05, 0) is 24.5 Å². The number of aryl methyl sites for hydroxylation is 1. The molecule has 0 saturated carbocycles. The highest BCUT2D eigenvalue weighted by Gasteiger charge is 2.22. The van der Waals surface area contributed by atoms with Crippen molar-refractivity contribution < 1.29 is 0 Å². The Bertz CT molecular complexity index is 814. The Hall–Kier alpha value is -2.09. The SMILES string of the molecule is S=c1nc[nH]c2c(-n3ncnn3)c3n(c12)CCCCC3. The summed E-state index contributed by atoms with van der Waals surface area (Å²) in [5.74, 6) is 0. The molecule has 102 valence electrons. The zero-order chi connectivity index (χ0) is 13.5. The molecule has 0 aliphatic carbocycles. The molecule has 1 N–H and O–H groups in total. The summed E-state index contributed by atoms with van der Waals surface area (Å²) in [5, 5.41) is 12.0. The predicted octanol–water partition coefficient (Wildman–Crippen LogP) is 1.80. The first-order chi connectivity index (χ1) is 9.86. The van der Waals surface area contributed by atoms with Crippen LogP contribution < -0.4 is 0 Å². The highest BCUT2D eigenvalue weighted by Crippen LogP contribution is 2.30. The molecule has 1 aliphatic rings. The van der Waals surface area contributed by atoms with E-state index in [1.807, 2.05) is 0 Å². The van der Waals surface area contributed by atoms with Crippen LogP contribution in [0.2, 0.25) is 0 Å². The lowest BCUT2D eigenvalue weighted by molar-refractivity contribution is 0.646. The fourth-order valence-electron chi connectivity index (χ4n) is 2.95. The van der Waals surface area contributed by atoms with Crippen molar-refractivity contribution in [2.24, 2.45) is 0 Å². The molecule has 0 fully saturated rings. The standard InChI is InChI=1S/C12H13N7S/c20-12-11-9(13-6-14-12)10(19-16-7-15-17-19)8-4-2-1-3-5-18(8)11/h6-7H,1-5H2,(H,13,14,20). The first-order valence-corrected chi connectivity index (χ1v) is 7.09. The Morgan fingerprint density at radius 3 is 3.05 bits per heavy atom. The van der Waals surface area contributed by atoms with Crippen LogP contribution in [0.5, 0.6) is 0 Å². The monoisotopic (exact) mass is 287 g/mol. The average Bonchev–Trinajstić information content (AvgIpc) is 2.99. The van der Waals surface area contributed by atoms with Crippen LogP contribution in [-0.2, 0) is 13.0 Å². The van der Waals surface area contributed by atoms with Crippen molar-refractivity contribution in [3.05, 3.63) is 23.0 Å². The minimum absolute atomic E-state index is 0.619. The molecule has 0 atom stereocenters. The maximum atomic E-state index is 5.41. The number of fused-ring (bicyclic) bond motifs is 3. The first kappa shape index (κ1) is 11.7. The number of aromatic nitrogens is 7. The Morgan fingerprint density at radius 1 is 1.25 bits per heavy atom. The number of hydrogen-bond donors (Lipinski definition) is 1. The summed E-state index contributed by atoms with van der Waals surface area (Å²) in [6.07, 6.45) is 7.62. The molecule has 0 radical (unpaired) electrons. The summed E-state index contributed by atoms with van der Waals surface area (Å²) in [6.45, 7) is 0.962. The number of tetrazole rings is 1. The van der Waals surface area contributed by atoms with Crippen LogP contribution in [0.4, 0.5) is 0 Å². The van der Waals surface area contributed by atoms with Crippen molar-refractivity contribution in [3.63, 3.8) is 0 Å². The molecular formula is C12H13N7S. The molecule has 0 aromatic carbocycles. The molecule has 0 bridgehead atoms. The van der Waals surface area contributed by atoms with E-state index >= 15 is 0 Å². The van der Waals surface area contributed by atoms with Crippen LogP contribution in [0.3, 0.4) is 0 Å². The van der Waals surface area contributed by atoms with Gasteiger partial charge in [-0.3, -0.25) is 0 Å². The topological polar surface area (TPSA) is 77.2 Å². The Balaban J connectivity index is 2.14. The van der Waals surface area contributed by atoms with Crippen LogP contribution >= 0.6 is 12.2 Å². The Morgan fingerprint density at radius 2 is 2.20 bits per heavy atom. The highest BCUT2D eigenvalue weighted by atomic mass is 32.1. The van der Waals surface area contributed by atoms with Crippen LogP contribution in [0.15, 0.2) is 12.7 Å². The van der Waals surface area contributed by atoms with Crippen LogP contribution in [-0.4, -0.2) is 34.7 Å². The number of nitrogens with one attached hydrogen (secondary N) is 1. The molecule has 1 aliphatic heterocycles. The average molecular weight is 287 g/mol. The summed E-state index contributed by atoms with van der Waals surface area (Å²) in [5.41, 5.74) is 4.09. The van der Waals surface area contributed by atoms with Crippen molar-refractivity contribution in [2.75, 3.05) is 0 Å². The third kappa shape index (κ3) is 1.61. The predicted molar refractivity (Wildman–Crippen MR) is 75.2 cm³/mol. The van der Waals surface area contributed by atoms with Gasteiger partial charge in [0.1, 0.15) is 11.2 Å². The number of hydrogen-bond acceptors (Lipinski definition) is 5. The minimum Gasteiger partial charge on any atom is -0.343 e. The van der Waals surface area contributed by atoms with Gasteiger partial charge in [0.2, 0.25) is 0 Å². The van der Waals surface area contributed by atoms with Crippen molar-refractivity contribution in [2.45, 2.75) is 32.2 Å². The van der Waals surface area contributed by atoms with Gasteiger partial charge < -0.3 is 9.55 Å². The molecule has 0 saturated heterocycles. The molecule has 4 heterocycles. The van der Waals surface area contributed by atoms with Gasteiger partial charge in [-0.15, -0.1) is 15.0 Å². The Kier molecular flexibility index (Phi) is 2.62. The zero-order valence-electron chi connectivity index (χ0n) is 10.8. The molecule has 3 aromatic heterocycles. The molecule has 3 aromatic rings. The maximum Gasteiger partial charge on any atom is 0.162 e. The molecule has 7 nitrogen and oxygen atoms in total. The normalized spacial score (nSPS) is 15.2. The van der Waals surface area contributed by atoms with E-state index in [1.165, 1.54) is 18.4 Å². The van der Waals surface area contributed by atoms with E-state index < -0.39 is 0 Å². The number of rotatable bonds is 1. The van der Waals surface area contributed by atoms with Crippen molar-refractivity contribution >= 4 is 23.3 Å². The second kappa shape index (κ2) is 4.48. The van der Waals surface area contributed by atoms with E-state index in [0.29, 0.717) is 4.64 Å². The molecule has 0 amide bonds. The van der Waals surface area contributed by atoms with E-state index in [0.717, 1.165) is 42.5 Å². The van der Waals surface area contributed by atoms with Crippen LogP contribution in [0.25, 0.3) is 16.7 Å². The van der Waals surface area contributed by atoms with E-state index in [4.69, 9.17) is 12.2 Å². The van der Waals surface area contributed by atoms with Gasteiger partial charge in [0, 0.05) is 12.2 Å². The van der Waals surface area contributed by atoms with Gasteiger partial charge in [-0.2, -0.15) is 0 Å². The smallest absolute Gasteiger partial charge is 0.162 e. The van der Waals surface area contributed by atoms with Gasteiger partial charge >= 0.3 is 0 Å². The summed E-state index contributed by atoms with van der Waals surface area (Å²) >= 11 is 5.41. The fraction of sp³-hybridized carbons (Fsp3) is 0.417. The summed E-state index contributed by atoms with van der Waals surface area (Å²) in [4.78, 5) is 8.99. The molecule has 0 unspecified atom stereocenters. The third-order valence-corrected chi connectivity index (χ3v) is 4.08. The van der Waals surface area contributed by atoms with Gasteiger partial charge in [-0.1, -0.05) is 18.6 Å². The summed E-state index contributed by atoms with van der Waals surface area (Å²) in [7, 11) is 0. The van der Waals surface area contributed by atoms with Crippen molar-refractivity contribution in [3.8, 4) is 5.69 Å². The molecule has 20 heavy (non-hydrogen) atoms. The molecule has 8 heteroatoms. The van der Waals surface area contributed by atoms with E-state index in [9.17, 15) is 0 Å². The van der Waals surface area contributed by atoms with Crippen molar-refractivity contribution in [1.29, 1.82) is 0 Å². The largest absolute Gasteiger partial charge is 0.343 e. The molecule has 0 spiro atoms. The van der Waals surface area contributed by atoms with Gasteiger partial charge in [0.05, 0.1) is 11.8 Å². The van der Waals surface area contributed by atoms with Crippen molar-refractivity contribution in [1.82, 2.24) is 34.7 Å². The summed E-state index contributed by atoms with van der Waals surface area (Å²) < 4.78 is 2.89. The summed E-state index contributed by atoms with van der Waals surface area (Å²) in [6, 6.07) is 0. The minimum atomic E-state index is 0.619. The number of H-pyrrole nitrogens is 1. The molecular weight excluding hydrogens is 274 g/mol. The van der Waals surface area contributed by atoms with Crippen LogP contribution in [0, 0.1) is 4.64 Å². The van der Waals surface area contributed by atoms with E-state index in [1.54, 1.807) is 11.1 Å². The third-order valence-electron chi connectivity index (χ3n) is 3.78. The van der Waals surface area contributed by atoms with Gasteiger partial charge in [-0.25, -0.2) is 4.98 Å². The number of nitrogens with zero attached hydrogens (tertiary/aromatic N) is 6. The van der Waals surface area contributed by atoms with Gasteiger partial charge in [0.25, 0.3) is 0 Å². The van der Waals surface area contributed by atoms with Gasteiger partial charge in [0.15, 0.2) is 11.0 Å². The second-order valence-electron chi connectivity index (χ2n) is 4.91. The molecule has 4 rings (SSSR count). The fourth-order valence-corrected chi connectivity index (χ4v) is 3.22. The van der Waals surface area contributed by atoms with E-state index in [-0.39, 0.29) is 0 Å². The lowest BCUT2D eigenvalue weighted by Crippen LogP contribution is -2.05. The lowest BCUT2D eigenvalue weighted by atomic mass is 10.1. The zero-order valence-corrected chi connectivity index (χ0v) is 11.6. The van der Waals surface area contributed by atoms with E-state index in [2.05, 4.69) is 29.9 Å². The van der Waals surface area contributed by atoms with Crippen LogP contribution in [0.1, 0.15) is 25.0 Å².